The summed E-state index contributed by atoms with van der Waals surface area (Å²) in [5, 5.41) is 8.52. The van der Waals surface area contributed by atoms with Gasteiger partial charge in [0.2, 0.25) is 0 Å². The van der Waals surface area contributed by atoms with Crippen LogP contribution in [0.1, 0.15) is 26.3 Å². The number of rotatable bonds is 8. The van der Waals surface area contributed by atoms with Crippen molar-refractivity contribution in [3.05, 3.63) is 107 Å². The molecule has 4 aromatic carbocycles. The Morgan fingerprint density at radius 1 is 0.892 bits per heavy atom. The smallest absolute Gasteiger partial charge is 0.345 e. The van der Waals surface area contributed by atoms with Crippen LogP contribution >= 0.6 is 11.6 Å². The highest BCUT2D eigenvalue weighted by Gasteiger charge is 2.15. The molecule has 2 amide bonds. The lowest BCUT2D eigenvalue weighted by molar-refractivity contribution is -0.120. The molecule has 186 valence electrons. The van der Waals surface area contributed by atoms with E-state index in [1.165, 1.54) is 13.3 Å². The topological polar surface area (TPSA) is 106 Å². The summed E-state index contributed by atoms with van der Waals surface area (Å²) in [5.74, 6) is -0.990. The molecule has 9 heteroatoms. The molecule has 4 rings (SSSR count). The van der Waals surface area contributed by atoms with Gasteiger partial charge in [0.25, 0.3) is 11.8 Å². The number of hydrazone groups is 1. The second-order valence-electron chi connectivity index (χ2n) is 7.78. The molecule has 0 radical (unpaired) electrons. The van der Waals surface area contributed by atoms with Gasteiger partial charge in [-0.3, -0.25) is 9.59 Å². The monoisotopic (exact) mass is 515 g/mol. The SMILES string of the molecule is COc1cc(/C=N\NC(=O)CNC(=O)c2cccc3ccccc23)ccc1OC(=O)c1ccccc1Cl. The van der Waals surface area contributed by atoms with Crippen LogP contribution in [0, 0.1) is 0 Å². The minimum absolute atomic E-state index is 0.199. The molecule has 0 aliphatic carbocycles. The molecule has 0 heterocycles. The van der Waals surface area contributed by atoms with Crippen molar-refractivity contribution < 1.29 is 23.9 Å². The molecule has 0 saturated carbocycles. The van der Waals surface area contributed by atoms with Crippen molar-refractivity contribution in [3.63, 3.8) is 0 Å². The first-order valence-electron chi connectivity index (χ1n) is 11.2. The first-order valence-corrected chi connectivity index (χ1v) is 11.6. The number of methoxy groups -OCH3 is 1. The van der Waals surface area contributed by atoms with E-state index in [0.29, 0.717) is 11.1 Å². The van der Waals surface area contributed by atoms with Gasteiger partial charge in [0.05, 0.1) is 30.5 Å². The number of hydrogen-bond acceptors (Lipinski definition) is 6. The van der Waals surface area contributed by atoms with Gasteiger partial charge in [0, 0.05) is 5.56 Å². The minimum atomic E-state index is -0.622. The molecule has 0 bridgehead atoms. The van der Waals surface area contributed by atoms with Crippen molar-refractivity contribution in [2.24, 2.45) is 5.10 Å². The van der Waals surface area contributed by atoms with E-state index in [0.717, 1.165) is 10.8 Å². The first-order chi connectivity index (χ1) is 18.0. The molecule has 0 spiro atoms. The van der Waals surface area contributed by atoms with E-state index in [2.05, 4.69) is 15.8 Å². The van der Waals surface area contributed by atoms with Gasteiger partial charge < -0.3 is 14.8 Å². The van der Waals surface area contributed by atoms with Gasteiger partial charge in [-0.05, 0) is 52.7 Å². The molecule has 4 aromatic rings. The Hall–Kier alpha value is -4.69. The Labute approximate surface area is 217 Å². The standard InChI is InChI=1S/C28H22ClN3O5/c1-36-25-15-18(13-14-24(25)37-28(35)22-10-4-5-12-23(22)29)16-31-32-26(33)17-30-27(34)21-11-6-8-19-7-2-3-9-20(19)21/h2-16H,17H2,1H3,(H,30,34)(H,32,33)/b31-16-. The van der Waals surface area contributed by atoms with E-state index in [9.17, 15) is 14.4 Å². The lowest BCUT2D eigenvalue weighted by atomic mass is 10.0. The molecular formula is C28H22ClN3O5. The second-order valence-corrected chi connectivity index (χ2v) is 8.19. The first kappa shape index (κ1) is 25.4. The van der Waals surface area contributed by atoms with Crippen LogP contribution in [0.15, 0.2) is 90.0 Å². The van der Waals surface area contributed by atoms with Gasteiger partial charge in [0.1, 0.15) is 0 Å². The highest BCUT2D eigenvalue weighted by atomic mass is 35.5. The summed E-state index contributed by atoms with van der Waals surface area (Å²) in [5.41, 5.74) is 3.65. The summed E-state index contributed by atoms with van der Waals surface area (Å²) in [6, 6.07) is 24.2. The lowest BCUT2D eigenvalue weighted by Gasteiger charge is -2.10. The van der Waals surface area contributed by atoms with Crippen LogP contribution in [-0.4, -0.2) is 37.7 Å². The Bertz CT molecular complexity index is 1500. The molecule has 0 aromatic heterocycles. The summed E-state index contributed by atoms with van der Waals surface area (Å²) < 4.78 is 10.7. The van der Waals surface area contributed by atoms with Crippen LogP contribution in [0.25, 0.3) is 10.8 Å². The Balaban J connectivity index is 1.33. The third kappa shape index (κ3) is 6.31. The summed E-state index contributed by atoms with van der Waals surface area (Å²) in [6.45, 7) is -0.250. The number of carbonyl (C=O) groups is 3. The maximum atomic E-state index is 12.6. The van der Waals surface area contributed by atoms with Crippen LogP contribution < -0.4 is 20.2 Å². The Morgan fingerprint density at radius 2 is 1.62 bits per heavy atom. The van der Waals surface area contributed by atoms with Crippen LogP contribution in [-0.2, 0) is 4.79 Å². The number of nitrogens with one attached hydrogen (secondary N) is 2. The highest BCUT2D eigenvalue weighted by molar-refractivity contribution is 6.33. The van der Waals surface area contributed by atoms with Gasteiger partial charge in [-0.25, -0.2) is 10.2 Å². The zero-order valence-electron chi connectivity index (χ0n) is 19.7. The number of fused-ring (bicyclic) bond motifs is 1. The molecular weight excluding hydrogens is 494 g/mol. The quantitative estimate of drug-likeness (QED) is 0.154. The maximum Gasteiger partial charge on any atom is 0.345 e. The average Bonchev–Trinajstić information content (AvgIpc) is 2.92. The summed E-state index contributed by atoms with van der Waals surface area (Å²) in [6.07, 6.45) is 1.40. The number of carbonyl (C=O) groups excluding carboxylic acids is 3. The van der Waals surface area contributed by atoms with Crippen LogP contribution in [0.5, 0.6) is 11.5 Å². The fraction of sp³-hybridized carbons (Fsp3) is 0.0714. The zero-order valence-corrected chi connectivity index (χ0v) is 20.5. The maximum absolute atomic E-state index is 12.6. The van der Waals surface area contributed by atoms with Gasteiger partial charge in [0.15, 0.2) is 11.5 Å². The van der Waals surface area contributed by atoms with E-state index < -0.39 is 11.9 Å². The fourth-order valence-corrected chi connectivity index (χ4v) is 3.74. The number of esters is 1. The zero-order chi connectivity index (χ0) is 26.2. The van der Waals surface area contributed by atoms with Crippen molar-refractivity contribution in [1.29, 1.82) is 0 Å². The average molecular weight is 516 g/mol. The van der Waals surface area contributed by atoms with Crippen LogP contribution in [0.3, 0.4) is 0 Å². The molecule has 0 unspecified atom stereocenters. The van der Waals surface area contributed by atoms with E-state index in [4.69, 9.17) is 21.1 Å². The van der Waals surface area contributed by atoms with Crippen molar-refractivity contribution in [2.45, 2.75) is 0 Å². The second kappa shape index (κ2) is 11.8. The molecule has 0 atom stereocenters. The molecule has 2 N–H and O–H groups in total. The molecule has 37 heavy (non-hydrogen) atoms. The summed E-state index contributed by atoms with van der Waals surface area (Å²) >= 11 is 6.05. The molecule has 8 nitrogen and oxygen atoms in total. The number of ether oxygens (including phenoxy) is 2. The lowest BCUT2D eigenvalue weighted by Crippen LogP contribution is -2.35. The fourth-order valence-electron chi connectivity index (χ4n) is 3.53. The van der Waals surface area contributed by atoms with E-state index in [1.54, 1.807) is 54.6 Å². The number of hydrogen-bond donors (Lipinski definition) is 2. The van der Waals surface area contributed by atoms with Crippen LogP contribution in [0.2, 0.25) is 5.02 Å². The number of nitrogens with zero attached hydrogens (tertiary/aromatic N) is 1. The molecule has 0 fully saturated rings. The summed E-state index contributed by atoms with van der Waals surface area (Å²) in [4.78, 5) is 37.2. The van der Waals surface area contributed by atoms with Crippen molar-refractivity contribution in [3.8, 4) is 11.5 Å². The van der Waals surface area contributed by atoms with Crippen LogP contribution in [0.4, 0.5) is 0 Å². The number of benzene rings is 4. The van der Waals surface area contributed by atoms with Gasteiger partial charge in [-0.15, -0.1) is 0 Å². The largest absolute Gasteiger partial charge is 0.493 e. The minimum Gasteiger partial charge on any atom is -0.493 e. The third-order valence-corrected chi connectivity index (χ3v) is 5.66. The van der Waals surface area contributed by atoms with E-state index in [1.807, 2.05) is 30.3 Å². The number of amides is 2. The van der Waals surface area contributed by atoms with Crippen molar-refractivity contribution in [2.75, 3.05) is 13.7 Å². The Kier molecular flexibility index (Phi) is 8.12. The summed E-state index contributed by atoms with van der Waals surface area (Å²) in [7, 11) is 1.43. The predicted molar refractivity (Wildman–Crippen MR) is 141 cm³/mol. The Morgan fingerprint density at radius 3 is 2.43 bits per heavy atom. The number of halogens is 1. The van der Waals surface area contributed by atoms with Gasteiger partial charge in [-0.2, -0.15) is 5.10 Å². The van der Waals surface area contributed by atoms with Gasteiger partial charge >= 0.3 is 5.97 Å². The van der Waals surface area contributed by atoms with Crippen molar-refractivity contribution in [1.82, 2.24) is 10.7 Å². The molecule has 0 saturated heterocycles. The van der Waals surface area contributed by atoms with Crippen molar-refractivity contribution >= 4 is 46.4 Å². The van der Waals surface area contributed by atoms with Gasteiger partial charge in [-0.1, -0.05) is 60.1 Å². The van der Waals surface area contributed by atoms with E-state index >= 15 is 0 Å². The third-order valence-electron chi connectivity index (χ3n) is 5.33. The predicted octanol–water partition coefficient (Wildman–Crippen LogP) is 4.60. The molecule has 0 aliphatic heterocycles. The molecule has 0 aliphatic rings. The normalized spacial score (nSPS) is 10.8. The van der Waals surface area contributed by atoms with E-state index in [-0.39, 0.29) is 34.5 Å². The highest BCUT2D eigenvalue weighted by Crippen LogP contribution is 2.29.